The third kappa shape index (κ3) is 2.71. The summed E-state index contributed by atoms with van der Waals surface area (Å²) in [5, 5.41) is 3.39. The van der Waals surface area contributed by atoms with Crippen LogP contribution in [0.1, 0.15) is 12.6 Å². The first-order chi connectivity index (χ1) is 7.79. The minimum atomic E-state index is 0.571. The summed E-state index contributed by atoms with van der Waals surface area (Å²) in [6.45, 7) is 6.35. The summed E-state index contributed by atoms with van der Waals surface area (Å²) in [5.41, 5.74) is 1.08. The Labute approximate surface area is 96.6 Å². The molecule has 1 aliphatic heterocycles. The van der Waals surface area contributed by atoms with E-state index in [4.69, 9.17) is 4.74 Å². The van der Waals surface area contributed by atoms with Crippen LogP contribution < -0.4 is 10.1 Å². The molecule has 2 heterocycles. The van der Waals surface area contributed by atoms with Gasteiger partial charge >= 0.3 is 0 Å². The van der Waals surface area contributed by atoms with E-state index in [1.54, 1.807) is 7.11 Å². The maximum absolute atomic E-state index is 5.13. The summed E-state index contributed by atoms with van der Waals surface area (Å²) in [6.07, 6.45) is 0. The summed E-state index contributed by atoms with van der Waals surface area (Å²) in [4.78, 5) is 6.88. The number of rotatable bonds is 3. The molecular formula is C12H19N3O. The second-order valence-electron chi connectivity index (χ2n) is 4.19. The van der Waals surface area contributed by atoms with Gasteiger partial charge in [0.05, 0.1) is 12.8 Å². The standard InChI is InChI=1S/C12H19N3O/c1-10-8-13-6-7-15(10)9-11-4-3-5-12(14-11)16-2/h3-5,10,13H,6-9H2,1-2H3/t10-/m0/s1. The molecule has 0 unspecified atom stereocenters. The zero-order valence-corrected chi connectivity index (χ0v) is 9.94. The molecule has 88 valence electrons. The topological polar surface area (TPSA) is 37.4 Å². The van der Waals surface area contributed by atoms with Crippen molar-refractivity contribution in [3.05, 3.63) is 23.9 Å². The van der Waals surface area contributed by atoms with Gasteiger partial charge in [-0.2, -0.15) is 0 Å². The van der Waals surface area contributed by atoms with Crippen LogP contribution >= 0.6 is 0 Å². The summed E-state index contributed by atoms with van der Waals surface area (Å²) in [7, 11) is 1.65. The van der Waals surface area contributed by atoms with E-state index in [1.807, 2.05) is 12.1 Å². The van der Waals surface area contributed by atoms with Crippen molar-refractivity contribution in [2.24, 2.45) is 0 Å². The van der Waals surface area contributed by atoms with Crippen LogP contribution in [0.15, 0.2) is 18.2 Å². The van der Waals surface area contributed by atoms with E-state index in [0.717, 1.165) is 31.9 Å². The number of ether oxygens (including phenoxy) is 1. The van der Waals surface area contributed by atoms with Gasteiger partial charge in [-0.25, -0.2) is 4.98 Å². The fraction of sp³-hybridized carbons (Fsp3) is 0.583. The fourth-order valence-electron chi connectivity index (χ4n) is 1.99. The van der Waals surface area contributed by atoms with Crippen LogP contribution in [0.2, 0.25) is 0 Å². The number of aromatic nitrogens is 1. The molecule has 0 aromatic carbocycles. The molecule has 1 saturated heterocycles. The van der Waals surface area contributed by atoms with Gasteiger partial charge < -0.3 is 10.1 Å². The van der Waals surface area contributed by atoms with Crippen LogP contribution in [-0.2, 0) is 6.54 Å². The first-order valence-electron chi connectivity index (χ1n) is 5.74. The molecule has 1 N–H and O–H groups in total. The van der Waals surface area contributed by atoms with E-state index in [2.05, 4.69) is 28.2 Å². The Bertz CT molecular complexity index is 343. The van der Waals surface area contributed by atoms with Crippen molar-refractivity contribution in [2.75, 3.05) is 26.7 Å². The number of hydrogen-bond acceptors (Lipinski definition) is 4. The van der Waals surface area contributed by atoms with Gasteiger partial charge in [-0.3, -0.25) is 4.90 Å². The van der Waals surface area contributed by atoms with Crippen molar-refractivity contribution >= 4 is 0 Å². The van der Waals surface area contributed by atoms with Gasteiger partial charge in [0, 0.05) is 38.3 Å². The Hall–Kier alpha value is -1.13. The number of methoxy groups -OCH3 is 1. The smallest absolute Gasteiger partial charge is 0.213 e. The molecule has 1 aromatic rings. The molecule has 2 rings (SSSR count). The van der Waals surface area contributed by atoms with Crippen LogP contribution in [0.5, 0.6) is 5.88 Å². The lowest BCUT2D eigenvalue weighted by atomic mass is 10.2. The summed E-state index contributed by atoms with van der Waals surface area (Å²) in [6, 6.07) is 6.50. The second-order valence-corrected chi connectivity index (χ2v) is 4.19. The molecule has 1 atom stereocenters. The largest absolute Gasteiger partial charge is 0.481 e. The van der Waals surface area contributed by atoms with E-state index in [9.17, 15) is 0 Å². The summed E-state index contributed by atoms with van der Waals surface area (Å²) >= 11 is 0. The molecular weight excluding hydrogens is 202 g/mol. The van der Waals surface area contributed by atoms with Gasteiger partial charge in [-0.1, -0.05) is 6.07 Å². The Morgan fingerprint density at radius 1 is 1.56 bits per heavy atom. The maximum Gasteiger partial charge on any atom is 0.213 e. The van der Waals surface area contributed by atoms with Crippen molar-refractivity contribution in [3.63, 3.8) is 0 Å². The lowest BCUT2D eigenvalue weighted by Gasteiger charge is -2.33. The first-order valence-corrected chi connectivity index (χ1v) is 5.74. The molecule has 16 heavy (non-hydrogen) atoms. The predicted molar refractivity (Wildman–Crippen MR) is 63.5 cm³/mol. The highest BCUT2D eigenvalue weighted by atomic mass is 16.5. The van der Waals surface area contributed by atoms with Crippen LogP contribution in [0.4, 0.5) is 0 Å². The molecule has 1 aliphatic rings. The summed E-state index contributed by atoms with van der Waals surface area (Å²) < 4.78 is 5.13. The van der Waals surface area contributed by atoms with Gasteiger partial charge in [0.25, 0.3) is 0 Å². The monoisotopic (exact) mass is 221 g/mol. The van der Waals surface area contributed by atoms with Crippen molar-refractivity contribution in [1.82, 2.24) is 15.2 Å². The average Bonchev–Trinajstić information content (AvgIpc) is 2.32. The minimum absolute atomic E-state index is 0.571. The maximum atomic E-state index is 5.13. The van der Waals surface area contributed by atoms with Gasteiger partial charge in [-0.15, -0.1) is 0 Å². The highest BCUT2D eigenvalue weighted by molar-refractivity contribution is 5.15. The van der Waals surface area contributed by atoms with Crippen molar-refractivity contribution in [2.45, 2.75) is 19.5 Å². The quantitative estimate of drug-likeness (QED) is 0.822. The van der Waals surface area contributed by atoms with E-state index in [-0.39, 0.29) is 0 Å². The Balaban J connectivity index is 2.01. The zero-order valence-electron chi connectivity index (χ0n) is 9.94. The second kappa shape index (κ2) is 5.27. The third-order valence-electron chi connectivity index (χ3n) is 2.99. The third-order valence-corrected chi connectivity index (χ3v) is 2.99. The van der Waals surface area contributed by atoms with Crippen molar-refractivity contribution in [3.8, 4) is 5.88 Å². The molecule has 0 aliphatic carbocycles. The molecule has 0 spiro atoms. The van der Waals surface area contributed by atoms with Crippen LogP contribution in [-0.4, -0.2) is 42.7 Å². The zero-order chi connectivity index (χ0) is 11.4. The molecule has 0 saturated carbocycles. The van der Waals surface area contributed by atoms with Crippen molar-refractivity contribution in [1.29, 1.82) is 0 Å². The summed E-state index contributed by atoms with van der Waals surface area (Å²) in [5.74, 6) is 0.695. The Kier molecular flexibility index (Phi) is 3.74. The van der Waals surface area contributed by atoms with E-state index < -0.39 is 0 Å². The van der Waals surface area contributed by atoms with Gasteiger partial charge in [-0.05, 0) is 13.0 Å². The van der Waals surface area contributed by atoms with Gasteiger partial charge in [0.1, 0.15) is 0 Å². The number of hydrogen-bond donors (Lipinski definition) is 1. The molecule has 0 radical (unpaired) electrons. The molecule has 4 heteroatoms. The molecule has 1 fully saturated rings. The average molecular weight is 221 g/mol. The number of piperazine rings is 1. The predicted octanol–water partition coefficient (Wildman–Crippen LogP) is 0.884. The lowest BCUT2D eigenvalue weighted by molar-refractivity contribution is 0.163. The van der Waals surface area contributed by atoms with Gasteiger partial charge in [0.15, 0.2) is 0 Å². The number of pyridine rings is 1. The molecule has 0 bridgehead atoms. The fourth-order valence-corrected chi connectivity index (χ4v) is 1.99. The molecule has 0 amide bonds. The Morgan fingerprint density at radius 3 is 3.19 bits per heavy atom. The van der Waals surface area contributed by atoms with Crippen LogP contribution in [0.3, 0.4) is 0 Å². The SMILES string of the molecule is COc1cccc(CN2CCNC[C@@H]2C)n1. The minimum Gasteiger partial charge on any atom is -0.481 e. The van der Waals surface area contributed by atoms with Crippen LogP contribution in [0.25, 0.3) is 0 Å². The first kappa shape index (κ1) is 11.4. The number of nitrogens with one attached hydrogen (secondary N) is 1. The van der Waals surface area contributed by atoms with E-state index in [1.165, 1.54) is 0 Å². The van der Waals surface area contributed by atoms with Gasteiger partial charge in [0.2, 0.25) is 5.88 Å². The number of nitrogens with zero attached hydrogens (tertiary/aromatic N) is 2. The normalized spacial score (nSPS) is 22.0. The highest BCUT2D eigenvalue weighted by Crippen LogP contribution is 2.11. The van der Waals surface area contributed by atoms with E-state index >= 15 is 0 Å². The lowest BCUT2D eigenvalue weighted by Crippen LogP contribution is -2.49. The molecule has 1 aromatic heterocycles. The Morgan fingerprint density at radius 2 is 2.44 bits per heavy atom. The molecule has 4 nitrogen and oxygen atoms in total. The highest BCUT2D eigenvalue weighted by Gasteiger charge is 2.18. The van der Waals surface area contributed by atoms with Crippen molar-refractivity contribution < 1.29 is 4.74 Å². The van der Waals surface area contributed by atoms with Crippen LogP contribution in [0, 0.1) is 0 Å². The van der Waals surface area contributed by atoms with E-state index in [0.29, 0.717) is 11.9 Å².